The van der Waals surface area contributed by atoms with Crippen LogP contribution in [0, 0.1) is 6.92 Å². The number of nitrogens with zero attached hydrogens (tertiary/aromatic N) is 2. The molecule has 6 heteroatoms. The van der Waals surface area contributed by atoms with Gasteiger partial charge in [-0.15, -0.1) is 0 Å². The number of nitrogens with one attached hydrogen (secondary N) is 1. The lowest BCUT2D eigenvalue weighted by molar-refractivity contribution is 0.413. The SMILES string of the molecule is CCn1c(O)c2n(c1=O)C(c1ccc(OC)cc1)c1[nH]c3ccc(C)cc3c1C2. The number of hydrogen-bond acceptors (Lipinski definition) is 3. The van der Waals surface area contributed by atoms with Crippen LogP contribution in [0.4, 0.5) is 0 Å². The molecule has 1 atom stereocenters. The Bertz CT molecular complexity index is 1290. The Morgan fingerprint density at radius 1 is 1.21 bits per heavy atom. The fourth-order valence-corrected chi connectivity index (χ4v) is 4.52. The third-order valence-corrected chi connectivity index (χ3v) is 5.96. The van der Waals surface area contributed by atoms with Crippen LogP contribution in [0.25, 0.3) is 10.9 Å². The molecule has 29 heavy (non-hydrogen) atoms. The van der Waals surface area contributed by atoms with E-state index in [2.05, 4.69) is 30.1 Å². The first-order valence-corrected chi connectivity index (χ1v) is 9.81. The number of aromatic hydroxyl groups is 1. The molecule has 1 aliphatic rings. The number of rotatable bonds is 3. The summed E-state index contributed by atoms with van der Waals surface area (Å²) in [5.41, 5.74) is 5.78. The number of aromatic nitrogens is 3. The first-order valence-electron chi connectivity index (χ1n) is 9.81. The summed E-state index contributed by atoms with van der Waals surface area (Å²) in [6.07, 6.45) is 0.513. The van der Waals surface area contributed by atoms with E-state index in [9.17, 15) is 9.90 Å². The summed E-state index contributed by atoms with van der Waals surface area (Å²) in [5.74, 6) is 0.822. The summed E-state index contributed by atoms with van der Waals surface area (Å²) in [6.45, 7) is 4.37. The smallest absolute Gasteiger partial charge is 0.332 e. The molecular formula is C23H23N3O3. The van der Waals surface area contributed by atoms with Crippen molar-refractivity contribution in [2.45, 2.75) is 32.9 Å². The van der Waals surface area contributed by atoms with Crippen LogP contribution in [0.1, 0.15) is 41.0 Å². The first kappa shape index (κ1) is 17.7. The molecule has 0 amide bonds. The van der Waals surface area contributed by atoms with Crippen molar-refractivity contribution in [3.05, 3.63) is 81.0 Å². The Hall–Kier alpha value is -3.41. The molecule has 4 aromatic rings. The number of fused-ring (bicyclic) bond motifs is 4. The number of aromatic amines is 1. The molecule has 2 aromatic carbocycles. The molecule has 2 aromatic heterocycles. The molecular weight excluding hydrogens is 366 g/mol. The van der Waals surface area contributed by atoms with Gasteiger partial charge in [0.1, 0.15) is 11.8 Å². The van der Waals surface area contributed by atoms with Crippen LogP contribution in [0.3, 0.4) is 0 Å². The second-order valence-corrected chi connectivity index (χ2v) is 7.59. The van der Waals surface area contributed by atoms with Gasteiger partial charge in [-0.1, -0.05) is 23.8 Å². The molecule has 3 heterocycles. The largest absolute Gasteiger partial charge is 0.497 e. The third kappa shape index (κ3) is 2.45. The van der Waals surface area contributed by atoms with Crippen molar-refractivity contribution in [3.8, 4) is 11.6 Å². The lowest BCUT2D eigenvalue weighted by Crippen LogP contribution is -2.32. The molecule has 1 aliphatic heterocycles. The zero-order chi connectivity index (χ0) is 20.3. The summed E-state index contributed by atoms with van der Waals surface area (Å²) in [7, 11) is 1.63. The second-order valence-electron chi connectivity index (χ2n) is 7.59. The highest BCUT2D eigenvalue weighted by atomic mass is 16.5. The van der Waals surface area contributed by atoms with E-state index in [0.717, 1.165) is 33.5 Å². The minimum atomic E-state index is -0.335. The van der Waals surface area contributed by atoms with Gasteiger partial charge in [0.15, 0.2) is 0 Å². The lowest BCUT2D eigenvalue weighted by atomic mass is 9.92. The van der Waals surface area contributed by atoms with Crippen LogP contribution in [0.15, 0.2) is 47.3 Å². The Kier molecular flexibility index (Phi) is 3.84. The molecule has 148 valence electrons. The van der Waals surface area contributed by atoms with Gasteiger partial charge in [-0.3, -0.25) is 9.13 Å². The Balaban J connectivity index is 1.83. The number of aryl methyl sites for hydroxylation is 1. The number of ether oxygens (including phenoxy) is 1. The maximum atomic E-state index is 13.2. The van der Waals surface area contributed by atoms with Gasteiger partial charge in [-0.2, -0.15) is 0 Å². The summed E-state index contributed by atoms with van der Waals surface area (Å²) in [4.78, 5) is 16.7. The van der Waals surface area contributed by atoms with E-state index in [1.165, 1.54) is 10.1 Å². The quantitative estimate of drug-likeness (QED) is 0.494. The number of imidazole rings is 1. The molecule has 0 saturated heterocycles. The zero-order valence-electron chi connectivity index (χ0n) is 16.7. The van der Waals surface area contributed by atoms with E-state index in [0.29, 0.717) is 18.7 Å². The van der Waals surface area contributed by atoms with E-state index < -0.39 is 0 Å². The van der Waals surface area contributed by atoms with E-state index in [1.54, 1.807) is 11.7 Å². The second kappa shape index (κ2) is 6.30. The van der Waals surface area contributed by atoms with Crippen molar-refractivity contribution in [1.29, 1.82) is 0 Å². The first-order chi connectivity index (χ1) is 14.0. The minimum Gasteiger partial charge on any atom is -0.497 e. The van der Waals surface area contributed by atoms with Crippen molar-refractivity contribution in [2.24, 2.45) is 0 Å². The van der Waals surface area contributed by atoms with Crippen LogP contribution in [0.2, 0.25) is 0 Å². The van der Waals surface area contributed by atoms with Crippen molar-refractivity contribution in [3.63, 3.8) is 0 Å². The average molecular weight is 389 g/mol. The highest BCUT2D eigenvalue weighted by Gasteiger charge is 2.35. The van der Waals surface area contributed by atoms with Crippen molar-refractivity contribution in [1.82, 2.24) is 14.1 Å². The van der Waals surface area contributed by atoms with E-state index in [4.69, 9.17) is 4.74 Å². The number of methoxy groups -OCH3 is 1. The molecule has 1 unspecified atom stereocenters. The predicted octanol–water partition coefficient (Wildman–Crippen LogP) is 3.72. The van der Waals surface area contributed by atoms with Gasteiger partial charge in [0, 0.05) is 29.6 Å². The number of H-pyrrole nitrogens is 1. The Morgan fingerprint density at radius 3 is 2.66 bits per heavy atom. The lowest BCUT2D eigenvalue weighted by Gasteiger charge is -2.26. The van der Waals surface area contributed by atoms with E-state index in [1.807, 2.05) is 31.2 Å². The summed E-state index contributed by atoms with van der Waals surface area (Å²) >= 11 is 0. The fourth-order valence-electron chi connectivity index (χ4n) is 4.52. The van der Waals surface area contributed by atoms with E-state index >= 15 is 0 Å². The van der Waals surface area contributed by atoms with Gasteiger partial charge < -0.3 is 14.8 Å². The maximum Gasteiger partial charge on any atom is 0.332 e. The molecule has 5 rings (SSSR count). The molecule has 6 nitrogen and oxygen atoms in total. The van der Waals surface area contributed by atoms with Crippen LogP contribution >= 0.6 is 0 Å². The van der Waals surface area contributed by atoms with Gasteiger partial charge in [-0.25, -0.2) is 4.79 Å². The number of hydrogen-bond donors (Lipinski definition) is 2. The van der Waals surface area contributed by atoms with Crippen molar-refractivity contribution >= 4 is 10.9 Å². The highest BCUT2D eigenvalue weighted by molar-refractivity contribution is 5.86. The third-order valence-electron chi connectivity index (χ3n) is 5.96. The van der Waals surface area contributed by atoms with Gasteiger partial charge in [-0.05, 0) is 49.2 Å². The topological polar surface area (TPSA) is 72.2 Å². The Labute approximate surface area is 168 Å². The molecule has 0 radical (unpaired) electrons. The van der Waals surface area contributed by atoms with Gasteiger partial charge >= 0.3 is 5.69 Å². The fraction of sp³-hybridized carbons (Fsp3) is 0.261. The molecule has 0 aliphatic carbocycles. The monoisotopic (exact) mass is 389 g/mol. The van der Waals surface area contributed by atoms with Crippen molar-refractivity contribution in [2.75, 3.05) is 7.11 Å². The van der Waals surface area contributed by atoms with Crippen LogP contribution in [-0.4, -0.2) is 26.3 Å². The maximum absolute atomic E-state index is 13.2. The Morgan fingerprint density at radius 2 is 1.97 bits per heavy atom. The molecule has 0 fully saturated rings. The normalized spacial score (nSPS) is 15.3. The number of benzene rings is 2. The minimum absolute atomic E-state index is 0.0589. The van der Waals surface area contributed by atoms with Crippen molar-refractivity contribution < 1.29 is 9.84 Å². The standard InChI is InChI=1S/C23H23N3O3/c1-4-25-22(27)19-12-17-16-11-13(2)5-10-18(16)24-20(17)21(26(19)23(25)28)14-6-8-15(29-3)9-7-14/h5-11,21,24,27H,4,12H2,1-3H3. The van der Waals surface area contributed by atoms with Gasteiger partial charge in [0.25, 0.3) is 0 Å². The van der Waals surface area contributed by atoms with Crippen LogP contribution < -0.4 is 10.4 Å². The van der Waals surface area contributed by atoms with Gasteiger partial charge in [0.2, 0.25) is 5.88 Å². The molecule has 2 N–H and O–H groups in total. The summed E-state index contributed by atoms with van der Waals surface area (Å²) in [5, 5.41) is 11.9. The molecule has 0 bridgehead atoms. The highest BCUT2D eigenvalue weighted by Crippen LogP contribution is 2.41. The van der Waals surface area contributed by atoms with Crippen LogP contribution in [0.5, 0.6) is 11.6 Å². The van der Waals surface area contributed by atoms with Crippen LogP contribution in [-0.2, 0) is 13.0 Å². The van der Waals surface area contributed by atoms with Gasteiger partial charge in [0.05, 0.1) is 12.8 Å². The summed E-state index contributed by atoms with van der Waals surface area (Å²) in [6, 6.07) is 13.7. The average Bonchev–Trinajstić information content (AvgIpc) is 3.21. The molecule has 0 spiro atoms. The zero-order valence-corrected chi connectivity index (χ0v) is 16.7. The summed E-state index contributed by atoms with van der Waals surface area (Å²) < 4.78 is 8.46. The van der Waals surface area contributed by atoms with E-state index in [-0.39, 0.29) is 17.6 Å². The predicted molar refractivity (Wildman–Crippen MR) is 112 cm³/mol. The molecule has 0 saturated carbocycles.